The Kier molecular flexibility index (Phi) is 2.61. The molecule has 1 aliphatic heterocycles. The van der Waals surface area contributed by atoms with Gasteiger partial charge in [-0.25, -0.2) is 0 Å². The van der Waals surface area contributed by atoms with Gasteiger partial charge in [0.25, 0.3) is 0 Å². The van der Waals surface area contributed by atoms with Crippen LogP contribution >= 0.6 is 0 Å². The van der Waals surface area contributed by atoms with Gasteiger partial charge in [-0.1, -0.05) is 19.9 Å². The van der Waals surface area contributed by atoms with Crippen LogP contribution in [0, 0.1) is 55.6 Å². The molecule has 2 bridgehead atoms. The summed E-state index contributed by atoms with van der Waals surface area (Å²) in [6.45, 7) is 6.00. The molecule has 2 atom stereocenters. The van der Waals surface area contributed by atoms with E-state index in [1.165, 1.54) is 13.8 Å². The Morgan fingerprint density at radius 2 is 1.71 bits per heavy atom. The van der Waals surface area contributed by atoms with Crippen molar-refractivity contribution in [2.24, 2.45) is 16.2 Å². The van der Waals surface area contributed by atoms with Crippen LogP contribution < -0.4 is 0 Å². The lowest BCUT2D eigenvalue weighted by Gasteiger charge is -2.47. The molecule has 0 aromatic carbocycles. The van der Waals surface area contributed by atoms with Crippen molar-refractivity contribution in [1.82, 2.24) is 0 Å². The van der Waals surface area contributed by atoms with Gasteiger partial charge in [0.15, 0.2) is 16.8 Å². The maximum absolute atomic E-state index is 12.0. The van der Waals surface area contributed by atoms with E-state index < -0.39 is 27.7 Å². The number of ether oxygens (including phenoxy) is 1. The van der Waals surface area contributed by atoms with E-state index in [1.54, 1.807) is 19.9 Å². The van der Waals surface area contributed by atoms with Gasteiger partial charge in [-0.3, -0.25) is 10.2 Å². The Morgan fingerprint density at radius 1 is 1.19 bits per heavy atom. The van der Waals surface area contributed by atoms with Crippen molar-refractivity contribution in [3.05, 3.63) is 11.6 Å². The van der Waals surface area contributed by atoms with E-state index in [1.807, 2.05) is 18.2 Å². The molecule has 1 saturated heterocycles. The largest absolute Gasteiger partial charge is 0.466 e. The number of fused-ring (bicyclic) bond motifs is 2. The van der Waals surface area contributed by atoms with Crippen LogP contribution in [-0.4, -0.2) is 17.3 Å². The van der Waals surface area contributed by atoms with Gasteiger partial charge in [0.05, 0.1) is 18.2 Å². The third-order valence-corrected chi connectivity index (χ3v) is 4.79. The van der Waals surface area contributed by atoms with Gasteiger partial charge in [0.1, 0.15) is 0 Å². The first-order chi connectivity index (χ1) is 9.60. The molecule has 0 aromatic rings. The van der Waals surface area contributed by atoms with Gasteiger partial charge < -0.3 is 4.74 Å². The SMILES string of the molecule is CC(=O)C1=CC(C)(C)[C@@]2(C#N)C(=N)O[C@]1(C)C2(C#N)C#N. The molecule has 0 radical (unpaired) electrons. The van der Waals surface area contributed by atoms with Crippen LogP contribution in [0.2, 0.25) is 0 Å². The lowest BCUT2D eigenvalue weighted by atomic mass is 9.45. The number of Topliss-reactive ketones (excluding diaryl/α,β-unsaturated/α-hetero) is 1. The number of rotatable bonds is 1. The quantitative estimate of drug-likeness (QED) is 0.786. The highest BCUT2D eigenvalue weighted by molar-refractivity contribution is 6.02. The van der Waals surface area contributed by atoms with Crippen molar-refractivity contribution >= 4 is 11.7 Å². The normalized spacial score (nSPS) is 34.7. The highest BCUT2D eigenvalue weighted by Gasteiger charge is 2.81. The zero-order valence-corrected chi connectivity index (χ0v) is 12.2. The van der Waals surface area contributed by atoms with Crippen molar-refractivity contribution in [2.75, 3.05) is 0 Å². The molecule has 106 valence electrons. The Bertz CT molecular complexity index is 714. The summed E-state index contributed by atoms with van der Waals surface area (Å²) in [7, 11) is 0. The van der Waals surface area contributed by atoms with Gasteiger partial charge in [0.2, 0.25) is 11.3 Å². The number of nitrogens with zero attached hydrogens (tertiary/aromatic N) is 3. The second kappa shape index (κ2) is 3.71. The minimum atomic E-state index is -1.95. The third-order valence-electron chi connectivity index (χ3n) is 4.79. The van der Waals surface area contributed by atoms with Gasteiger partial charge in [-0.2, -0.15) is 15.8 Å². The molecule has 0 saturated carbocycles. The smallest absolute Gasteiger partial charge is 0.215 e. The number of allylic oxidation sites excluding steroid dienone is 1. The number of hydrogen-bond acceptors (Lipinski definition) is 6. The van der Waals surface area contributed by atoms with Crippen molar-refractivity contribution in [3.8, 4) is 18.2 Å². The number of hydrogen-bond donors (Lipinski definition) is 1. The van der Waals surface area contributed by atoms with E-state index in [0.29, 0.717) is 0 Å². The summed E-state index contributed by atoms with van der Waals surface area (Å²) < 4.78 is 5.50. The first-order valence-corrected chi connectivity index (χ1v) is 6.36. The summed E-state index contributed by atoms with van der Waals surface area (Å²) in [6.07, 6.45) is 1.56. The average Bonchev–Trinajstić information content (AvgIpc) is 2.56. The number of ketones is 1. The Labute approximate surface area is 122 Å². The molecular weight excluding hydrogens is 268 g/mol. The van der Waals surface area contributed by atoms with Crippen LogP contribution in [0.4, 0.5) is 0 Å². The summed E-state index contributed by atoms with van der Waals surface area (Å²) in [5, 5.41) is 37.2. The summed E-state index contributed by atoms with van der Waals surface area (Å²) in [5.74, 6) is -0.783. The van der Waals surface area contributed by atoms with Crippen LogP contribution in [-0.2, 0) is 9.53 Å². The number of nitriles is 3. The molecule has 0 unspecified atom stereocenters. The molecule has 21 heavy (non-hydrogen) atoms. The number of nitrogens with one attached hydrogen (secondary N) is 1. The number of carbonyl (C=O) groups excluding carboxylic acids is 1. The van der Waals surface area contributed by atoms with Crippen LogP contribution in [0.5, 0.6) is 0 Å². The lowest BCUT2D eigenvalue weighted by Crippen LogP contribution is -2.59. The first-order valence-electron chi connectivity index (χ1n) is 6.36. The van der Waals surface area contributed by atoms with Crippen LogP contribution in [0.3, 0.4) is 0 Å². The maximum atomic E-state index is 12.0. The molecule has 6 nitrogen and oxygen atoms in total. The third kappa shape index (κ3) is 1.16. The van der Waals surface area contributed by atoms with Crippen molar-refractivity contribution < 1.29 is 9.53 Å². The van der Waals surface area contributed by atoms with E-state index in [4.69, 9.17) is 10.1 Å². The second-order valence-corrected chi connectivity index (χ2v) is 6.14. The lowest BCUT2D eigenvalue weighted by molar-refractivity contribution is -0.116. The fraction of sp³-hybridized carbons (Fsp3) is 0.533. The van der Waals surface area contributed by atoms with E-state index in [2.05, 4.69) is 0 Å². The molecule has 0 amide bonds. The number of carbonyl (C=O) groups is 1. The molecule has 2 aliphatic rings. The first kappa shape index (κ1) is 14.8. The monoisotopic (exact) mass is 282 g/mol. The molecule has 1 aliphatic carbocycles. The van der Waals surface area contributed by atoms with E-state index in [-0.39, 0.29) is 11.4 Å². The summed E-state index contributed by atoms with van der Waals surface area (Å²) in [4.78, 5) is 12.0. The average molecular weight is 282 g/mol. The highest BCUT2D eigenvalue weighted by Crippen LogP contribution is 2.68. The Balaban J connectivity index is 3.06. The zero-order valence-electron chi connectivity index (χ0n) is 12.2. The zero-order chi connectivity index (χ0) is 16.3. The van der Waals surface area contributed by atoms with Crippen molar-refractivity contribution in [1.29, 1.82) is 21.2 Å². The summed E-state index contributed by atoms with van der Waals surface area (Å²) in [5.41, 5.74) is -6.24. The molecule has 1 N–H and O–H groups in total. The molecule has 1 heterocycles. The molecule has 0 spiro atoms. The maximum Gasteiger partial charge on any atom is 0.215 e. The van der Waals surface area contributed by atoms with E-state index in [0.717, 1.165) is 0 Å². The van der Waals surface area contributed by atoms with E-state index in [9.17, 15) is 20.6 Å². The van der Waals surface area contributed by atoms with Gasteiger partial charge in [-0.05, 0) is 13.8 Å². The van der Waals surface area contributed by atoms with Gasteiger partial charge in [-0.15, -0.1) is 0 Å². The standard InChI is InChI=1S/C15H14N4O2/c1-9(20)10-5-12(2,3)15(8-18)11(19)21-13(10,4)14(15,6-16)7-17/h5,19H,1-4H3/t13-,15+/m0/s1. The Hall–Kier alpha value is -2.65. The predicted molar refractivity (Wildman–Crippen MR) is 71.5 cm³/mol. The minimum absolute atomic E-state index is 0.156. The van der Waals surface area contributed by atoms with Crippen LogP contribution in [0.15, 0.2) is 11.6 Å². The van der Waals surface area contributed by atoms with Crippen LogP contribution in [0.1, 0.15) is 27.7 Å². The van der Waals surface area contributed by atoms with Crippen molar-refractivity contribution in [3.63, 3.8) is 0 Å². The second-order valence-electron chi connectivity index (χ2n) is 6.14. The highest BCUT2D eigenvalue weighted by atomic mass is 16.5. The van der Waals surface area contributed by atoms with E-state index >= 15 is 0 Å². The molecule has 6 heteroatoms. The fourth-order valence-corrected chi connectivity index (χ4v) is 3.65. The van der Waals surface area contributed by atoms with Gasteiger partial charge in [0, 0.05) is 11.0 Å². The minimum Gasteiger partial charge on any atom is -0.466 e. The fourth-order valence-electron chi connectivity index (χ4n) is 3.65. The summed E-state index contributed by atoms with van der Waals surface area (Å²) >= 11 is 0. The predicted octanol–water partition coefficient (Wildman–Crippen LogP) is 1.85. The van der Waals surface area contributed by atoms with Gasteiger partial charge >= 0.3 is 0 Å². The Morgan fingerprint density at radius 3 is 2.10 bits per heavy atom. The van der Waals surface area contributed by atoms with Crippen molar-refractivity contribution in [2.45, 2.75) is 33.3 Å². The molecule has 1 fully saturated rings. The topological polar surface area (TPSA) is 122 Å². The summed E-state index contributed by atoms with van der Waals surface area (Å²) in [6, 6.07) is 5.76. The molecule has 0 aromatic heterocycles. The van der Waals surface area contributed by atoms with Crippen LogP contribution in [0.25, 0.3) is 0 Å². The molecule has 2 rings (SSSR count). The molecular formula is C15H14N4O2.